The van der Waals surface area contributed by atoms with E-state index in [9.17, 15) is 4.79 Å². The Balaban J connectivity index is 2.46. The van der Waals surface area contributed by atoms with Gasteiger partial charge >= 0.3 is 6.09 Å². The van der Waals surface area contributed by atoms with Crippen molar-refractivity contribution < 1.29 is 9.90 Å². The largest absolute Gasteiger partial charge is 0.465 e. The number of hydrogen-bond acceptors (Lipinski definition) is 6. The molecule has 2 N–H and O–H groups in total. The van der Waals surface area contributed by atoms with Gasteiger partial charge in [0.15, 0.2) is 11.6 Å². The Morgan fingerprint density at radius 3 is 2.95 bits per heavy atom. The van der Waals surface area contributed by atoms with Gasteiger partial charge in [0.1, 0.15) is 23.9 Å². The van der Waals surface area contributed by atoms with E-state index in [0.29, 0.717) is 17.5 Å². The molecule has 2 aromatic heterocycles. The second kappa shape index (κ2) is 5.31. The maximum Gasteiger partial charge on any atom is 0.405 e. The SMILES string of the molecule is Cc1nc(C(C)NC(=O)O)n(-c2cc(C#N)ncn2)n1. The van der Waals surface area contributed by atoms with E-state index in [2.05, 4.69) is 25.4 Å². The molecule has 2 heterocycles. The zero-order valence-electron chi connectivity index (χ0n) is 10.8. The molecule has 0 aromatic carbocycles. The molecule has 1 unspecified atom stereocenters. The lowest BCUT2D eigenvalue weighted by Gasteiger charge is -2.11. The summed E-state index contributed by atoms with van der Waals surface area (Å²) in [5.41, 5.74) is 0.188. The van der Waals surface area contributed by atoms with Crippen LogP contribution in [0.3, 0.4) is 0 Å². The first-order chi connectivity index (χ1) is 9.51. The van der Waals surface area contributed by atoms with Crippen molar-refractivity contribution in [2.75, 3.05) is 0 Å². The van der Waals surface area contributed by atoms with E-state index in [1.807, 2.05) is 6.07 Å². The summed E-state index contributed by atoms with van der Waals surface area (Å²) >= 11 is 0. The van der Waals surface area contributed by atoms with E-state index in [0.717, 1.165) is 0 Å². The molecular formula is C11H11N7O2. The molecule has 2 aromatic rings. The van der Waals surface area contributed by atoms with Gasteiger partial charge in [0.2, 0.25) is 0 Å². The zero-order valence-corrected chi connectivity index (χ0v) is 10.8. The summed E-state index contributed by atoms with van der Waals surface area (Å²) in [4.78, 5) is 22.7. The molecule has 1 amide bonds. The smallest absolute Gasteiger partial charge is 0.405 e. The van der Waals surface area contributed by atoms with Crippen LogP contribution in [0.5, 0.6) is 0 Å². The third-order valence-electron chi connectivity index (χ3n) is 2.45. The van der Waals surface area contributed by atoms with Crippen molar-refractivity contribution in [2.24, 2.45) is 0 Å². The number of rotatable bonds is 3. The normalized spacial score (nSPS) is 11.7. The van der Waals surface area contributed by atoms with Crippen LogP contribution in [0.25, 0.3) is 5.82 Å². The second-order valence-corrected chi connectivity index (χ2v) is 3.97. The first-order valence-electron chi connectivity index (χ1n) is 5.67. The Morgan fingerprint density at radius 2 is 2.30 bits per heavy atom. The molecule has 0 spiro atoms. The van der Waals surface area contributed by atoms with Crippen LogP contribution in [0.15, 0.2) is 12.4 Å². The first-order valence-corrected chi connectivity index (χ1v) is 5.67. The number of amides is 1. The number of hydrogen-bond donors (Lipinski definition) is 2. The molecule has 20 heavy (non-hydrogen) atoms. The summed E-state index contributed by atoms with van der Waals surface area (Å²) in [6, 6.07) is 2.78. The fraction of sp³-hybridized carbons (Fsp3) is 0.273. The van der Waals surface area contributed by atoms with Gasteiger partial charge in [-0.2, -0.15) is 9.94 Å². The predicted octanol–water partition coefficient (Wildman–Crippen LogP) is 0.566. The molecule has 0 bridgehead atoms. The molecule has 0 radical (unpaired) electrons. The molecule has 102 valence electrons. The summed E-state index contributed by atoms with van der Waals surface area (Å²) in [7, 11) is 0. The second-order valence-electron chi connectivity index (χ2n) is 3.97. The highest BCUT2D eigenvalue weighted by atomic mass is 16.4. The van der Waals surface area contributed by atoms with Crippen LogP contribution in [-0.4, -0.2) is 35.9 Å². The van der Waals surface area contributed by atoms with Gasteiger partial charge in [-0.15, -0.1) is 5.10 Å². The quantitative estimate of drug-likeness (QED) is 0.835. The monoisotopic (exact) mass is 273 g/mol. The van der Waals surface area contributed by atoms with Gasteiger partial charge in [-0.25, -0.2) is 19.7 Å². The van der Waals surface area contributed by atoms with Crippen molar-refractivity contribution in [2.45, 2.75) is 19.9 Å². The fourth-order valence-electron chi connectivity index (χ4n) is 1.65. The maximum atomic E-state index is 10.7. The van der Waals surface area contributed by atoms with E-state index >= 15 is 0 Å². The average Bonchev–Trinajstić information content (AvgIpc) is 2.80. The van der Waals surface area contributed by atoms with Gasteiger partial charge in [-0.1, -0.05) is 0 Å². The lowest BCUT2D eigenvalue weighted by atomic mass is 10.3. The van der Waals surface area contributed by atoms with Crippen LogP contribution in [0.4, 0.5) is 4.79 Å². The minimum absolute atomic E-state index is 0.188. The van der Waals surface area contributed by atoms with Crippen molar-refractivity contribution in [3.63, 3.8) is 0 Å². The van der Waals surface area contributed by atoms with Gasteiger partial charge in [-0.3, -0.25) is 0 Å². The first kappa shape index (κ1) is 13.4. The van der Waals surface area contributed by atoms with Gasteiger partial charge in [0.25, 0.3) is 0 Å². The Morgan fingerprint density at radius 1 is 1.55 bits per heavy atom. The summed E-state index contributed by atoms with van der Waals surface area (Å²) in [5.74, 6) is 1.20. The van der Waals surface area contributed by atoms with Gasteiger partial charge in [-0.05, 0) is 13.8 Å². The topological polar surface area (TPSA) is 130 Å². The zero-order chi connectivity index (χ0) is 14.7. The van der Waals surface area contributed by atoms with Crippen LogP contribution in [0.2, 0.25) is 0 Å². The summed E-state index contributed by atoms with van der Waals surface area (Å²) < 4.78 is 1.39. The minimum Gasteiger partial charge on any atom is -0.465 e. The van der Waals surface area contributed by atoms with E-state index in [4.69, 9.17) is 10.4 Å². The van der Waals surface area contributed by atoms with Crippen LogP contribution in [-0.2, 0) is 0 Å². The number of aromatic nitrogens is 5. The molecule has 0 aliphatic heterocycles. The average molecular weight is 273 g/mol. The van der Waals surface area contributed by atoms with E-state index < -0.39 is 12.1 Å². The van der Waals surface area contributed by atoms with Crippen molar-refractivity contribution >= 4 is 6.09 Å². The summed E-state index contributed by atoms with van der Waals surface area (Å²) in [6.07, 6.45) is 0.0781. The molecule has 0 aliphatic rings. The van der Waals surface area contributed by atoms with Crippen LogP contribution in [0, 0.1) is 18.3 Å². The standard InChI is InChI=1S/C11H11N7O2/c1-6(15-11(19)20)10-16-7(2)17-18(10)9-3-8(4-12)13-5-14-9/h3,5-6,15H,1-2H3,(H,19,20). The van der Waals surface area contributed by atoms with Crippen LogP contribution >= 0.6 is 0 Å². The summed E-state index contributed by atoms with van der Waals surface area (Å²) in [6.45, 7) is 3.32. The number of carbonyl (C=O) groups is 1. The molecule has 1 atom stereocenters. The third-order valence-corrected chi connectivity index (χ3v) is 2.45. The third kappa shape index (κ3) is 2.69. The molecule has 9 nitrogen and oxygen atoms in total. The molecular weight excluding hydrogens is 262 g/mol. The number of nitrogens with one attached hydrogen (secondary N) is 1. The highest BCUT2D eigenvalue weighted by Gasteiger charge is 2.18. The molecule has 9 heteroatoms. The minimum atomic E-state index is -1.16. The van der Waals surface area contributed by atoms with E-state index in [1.54, 1.807) is 13.8 Å². The fourth-order valence-corrected chi connectivity index (χ4v) is 1.65. The van der Waals surface area contributed by atoms with Gasteiger partial charge in [0, 0.05) is 6.07 Å². The summed E-state index contributed by atoms with van der Waals surface area (Å²) in [5, 5.41) is 24.0. The van der Waals surface area contributed by atoms with Gasteiger partial charge < -0.3 is 10.4 Å². The van der Waals surface area contributed by atoms with Crippen LogP contribution in [0.1, 0.15) is 30.3 Å². The number of nitriles is 1. The highest BCUT2D eigenvalue weighted by molar-refractivity contribution is 5.64. The molecule has 0 aliphatic carbocycles. The van der Waals surface area contributed by atoms with Crippen molar-refractivity contribution in [3.05, 3.63) is 29.7 Å². The van der Waals surface area contributed by atoms with Crippen molar-refractivity contribution in [1.29, 1.82) is 5.26 Å². The number of carboxylic acid groups (broad SMARTS) is 1. The Hall–Kier alpha value is -3.02. The maximum absolute atomic E-state index is 10.7. The van der Waals surface area contributed by atoms with Crippen molar-refractivity contribution in [3.8, 4) is 11.9 Å². The Bertz CT molecular complexity index is 688. The number of nitrogens with zero attached hydrogens (tertiary/aromatic N) is 6. The number of aryl methyl sites for hydroxylation is 1. The Labute approximate surface area is 113 Å². The lowest BCUT2D eigenvalue weighted by Crippen LogP contribution is -2.27. The molecule has 0 saturated carbocycles. The van der Waals surface area contributed by atoms with Crippen molar-refractivity contribution in [1.82, 2.24) is 30.0 Å². The van der Waals surface area contributed by atoms with E-state index in [-0.39, 0.29) is 5.69 Å². The molecule has 0 saturated heterocycles. The predicted molar refractivity (Wildman–Crippen MR) is 66.0 cm³/mol. The van der Waals surface area contributed by atoms with Crippen LogP contribution < -0.4 is 5.32 Å². The Kier molecular flexibility index (Phi) is 3.56. The molecule has 2 rings (SSSR count). The molecule has 0 fully saturated rings. The van der Waals surface area contributed by atoms with E-state index in [1.165, 1.54) is 17.1 Å². The van der Waals surface area contributed by atoms with Gasteiger partial charge in [0.05, 0.1) is 6.04 Å². The lowest BCUT2D eigenvalue weighted by molar-refractivity contribution is 0.190. The highest BCUT2D eigenvalue weighted by Crippen LogP contribution is 2.14.